The van der Waals surface area contributed by atoms with E-state index in [1.807, 2.05) is 39.0 Å². The summed E-state index contributed by atoms with van der Waals surface area (Å²) in [6, 6.07) is 13.2. The van der Waals surface area contributed by atoms with Crippen molar-refractivity contribution >= 4 is 35.2 Å². The summed E-state index contributed by atoms with van der Waals surface area (Å²) in [5.74, 6) is 0.213. The fourth-order valence-corrected chi connectivity index (χ4v) is 4.19. The molecule has 31 heavy (non-hydrogen) atoms. The number of nitrogens with zero attached hydrogens (tertiary/aromatic N) is 1. The fraction of sp³-hybridized carbons (Fsp3) is 0.417. The van der Waals surface area contributed by atoms with E-state index in [1.54, 1.807) is 29.2 Å². The van der Waals surface area contributed by atoms with E-state index in [0.717, 1.165) is 5.56 Å². The van der Waals surface area contributed by atoms with Gasteiger partial charge in [-0.1, -0.05) is 68.8 Å². The van der Waals surface area contributed by atoms with Gasteiger partial charge in [0.15, 0.2) is 0 Å². The molecule has 0 aromatic heterocycles. The predicted octanol–water partition coefficient (Wildman–Crippen LogP) is 5.29. The minimum Gasteiger partial charge on any atom is -0.354 e. The highest BCUT2D eigenvalue weighted by Gasteiger charge is 2.29. The molecule has 0 saturated heterocycles. The first-order valence-electron chi connectivity index (χ1n) is 10.4. The predicted molar refractivity (Wildman–Crippen MR) is 126 cm³/mol. The SMILES string of the molecule is CC[C@@H](C(=O)NCC(C)C)N(Cc1ccccc1Cl)C(=O)CSCc1ccccc1F. The van der Waals surface area contributed by atoms with Crippen molar-refractivity contribution in [1.29, 1.82) is 0 Å². The highest BCUT2D eigenvalue weighted by Crippen LogP contribution is 2.22. The molecule has 0 bridgehead atoms. The van der Waals surface area contributed by atoms with E-state index in [-0.39, 0.29) is 29.9 Å². The molecule has 0 aliphatic carbocycles. The smallest absolute Gasteiger partial charge is 0.242 e. The summed E-state index contributed by atoms with van der Waals surface area (Å²) < 4.78 is 13.9. The third kappa shape index (κ3) is 7.86. The summed E-state index contributed by atoms with van der Waals surface area (Å²) in [6.07, 6.45) is 0.484. The Balaban J connectivity index is 2.14. The van der Waals surface area contributed by atoms with Crippen LogP contribution in [0.15, 0.2) is 48.5 Å². The molecule has 0 radical (unpaired) electrons. The number of amides is 2. The molecule has 0 aliphatic rings. The van der Waals surface area contributed by atoms with Gasteiger partial charge in [0.25, 0.3) is 0 Å². The number of nitrogens with one attached hydrogen (secondary N) is 1. The molecule has 0 saturated carbocycles. The molecule has 0 fully saturated rings. The molecule has 168 valence electrons. The summed E-state index contributed by atoms with van der Waals surface area (Å²) >= 11 is 7.65. The van der Waals surface area contributed by atoms with Crippen molar-refractivity contribution in [3.8, 4) is 0 Å². The van der Waals surface area contributed by atoms with Crippen molar-refractivity contribution in [2.75, 3.05) is 12.3 Å². The largest absolute Gasteiger partial charge is 0.354 e. The Hall–Kier alpha value is -2.05. The Kier molecular flexibility index (Phi) is 10.3. The number of benzene rings is 2. The van der Waals surface area contributed by atoms with Gasteiger partial charge < -0.3 is 10.2 Å². The van der Waals surface area contributed by atoms with Gasteiger partial charge in [-0.2, -0.15) is 0 Å². The van der Waals surface area contributed by atoms with Gasteiger partial charge in [0.05, 0.1) is 5.75 Å². The molecule has 2 aromatic rings. The molecule has 0 aliphatic heterocycles. The first-order valence-corrected chi connectivity index (χ1v) is 12.0. The van der Waals surface area contributed by atoms with Gasteiger partial charge in [-0.3, -0.25) is 9.59 Å². The van der Waals surface area contributed by atoms with Gasteiger partial charge in [-0.15, -0.1) is 11.8 Å². The van der Waals surface area contributed by atoms with Gasteiger partial charge >= 0.3 is 0 Å². The Morgan fingerprint density at radius 2 is 1.74 bits per heavy atom. The Morgan fingerprint density at radius 1 is 1.10 bits per heavy atom. The van der Waals surface area contributed by atoms with Crippen molar-refractivity contribution in [3.05, 3.63) is 70.5 Å². The zero-order chi connectivity index (χ0) is 22.8. The Bertz CT molecular complexity index is 878. The molecule has 0 unspecified atom stereocenters. The standard InChI is InChI=1S/C24H30ClFN2O2S/c1-4-22(24(30)27-13-17(2)3)28(14-18-9-5-7-11-20(18)25)23(29)16-31-15-19-10-6-8-12-21(19)26/h5-12,17,22H,4,13-16H2,1-3H3,(H,27,30)/t22-/m0/s1. The minimum atomic E-state index is -0.600. The van der Waals surface area contributed by atoms with Gasteiger partial charge in [-0.25, -0.2) is 4.39 Å². The van der Waals surface area contributed by atoms with Gasteiger partial charge in [-0.05, 0) is 35.6 Å². The van der Waals surface area contributed by atoms with Crippen LogP contribution in [0.4, 0.5) is 4.39 Å². The fourth-order valence-electron chi connectivity index (χ4n) is 3.10. The third-order valence-electron chi connectivity index (χ3n) is 4.81. The van der Waals surface area contributed by atoms with E-state index < -0.39 is 6.04 Å². The first-order chi connectivity index (χ1) is 14.8. The summed E-state index contributed by atoms with van der Waals surface area (Å²) in [6.45, 7) is 6.72. The molecule has 1 atom stereocenters. The zero-order valence-electron chi connectivity index (χ0n) is 18.2. The van der Waals surface area contributed by atoms with Gasteiger partial charge in [0.1, 0.15) is 11.9 Å². The number of hydrogen-bond donors (Lipinski definition) is 1. The van der Waals surface area contributed by atoms with Crippen molar-refractivity contribution in [2.45, 2.75) is 45.5 Å². The van der Waals surface area contributed by atoms with Crippen molar-refractivity contribution < 1.29 is 14.0 Å². The van der Waals surface area contributed by atoms with Crippen LogP contribution in [0.1, 0.15) is 38.3 Å². The zero-order valence-corrected chi connectivity index (χ0v) is 19.8. The Labute approximate surface area is 193 Å². The molecule has 0 spiro atoms. The molecule has 2 amide bonds. The summed E-state index contributed by atoms with van der Waals surface area (Å²) in [5.41, 5.74) is 1.34. The van der Waals surface area contributed by atoms with Crippen LogP contribution in [0.25, 0.3) is 0 Å². The topological polar surface area (TPSA) is 49.4 Å². The van der Waals surface area contributed by atoms with E-state index in [4.69, 9.17) is 11.6 Å². The lowest BCUT2D eigenvalue weighted by Crippen LogP contribution is -2.50. The second-order valence-electron chi connectivity index (χ2n) is 7.76. The van der Waals surface area contributed by atoms with E-state index in [0.29, 0.717) is 35.2 Å². The highest BCUT2D eigenvalue weighted by atomic mass is 35.5. The number of hydrogen-bond acceptors (Lipinski definition) is 3. The Morgan fingerprint density at radius 3 is 2.35 bits per heavy atom. The molecule has 7 heteroatoms. The van der Waals surface area contributed by atoms with E-state index in [9.17, 15) is 14.0 Å². The van der Waals surface area contributed by atoms with Crippen molar-refractivity contribution in [2.24, 2.45) is 5.92 Å². The van der Waals surface area contributed by atoms with Crippen LogP contribution in [0, 0.1) is 11.7 Å². The van der Waals surface area contributed by atoms with Crippen LogP contribution >= 0.6 is 23.4 Å². The number of rotatable bonds is 11. The lowest BCUT2D eigenvalue weighted by Gasteiger charge is -2.31. The van der Waals surface area contributed by atoms with Crippen LogP contribution < -0.4 is 5.32 Å². The van der Waals surface area contributed by atoms with E-state index in [1.165, 1.54) is 17.8 Å². The van der Waals surface area contributed by atoms with E-state index in [2.05, 4.69) is 5.32 Å². The summed E-state index contributed by atoms with van der Waals surface area (Å²) in [4.78, 5) is 27.6. The maximum absolute atomic E-state index is 13.9. The van der Waals surface area contributed by atoms with Crippen LogP contribution in [0.2, 0.25) is 5.02 Å². The number of halogens is 2. The van der Waals surface area contributed by atoms with Crippen LogP contribution in [-0.4, -0.2) is 35.1 Å². The normalized spacial score (nSPS) is 11.9. The second-order valence-corrected chi connectivity index (χ2v) is 9.15. The van der Waals surface area contributed by atoms with Gasteiger partial charge in [0, 0.05) is 23.9 Å². The lowest BCUT2D eigenvalue weighted by molar-refractivity contribution is -0.139. The van der Waals surface area contributed by atoms with Crippen molar-refractivity contribution in [1.82, 2.24) is 10.2 Å². The van der Waals surface area contributed by atoms with Gasteiger partial charge in [0.2, 0.25) is 11.8 Å². The lowest BCUT2D eigenvalue weighted by atomic mass is 10.1. The highest BCUT2D eigenvalue weighted by molar-refractivity contribution is 7.99. The average molecular weight is 465 g/mol. The summed E-state index contributed by atoms with van der Waals surface area (Å²) in [7, 11) is 0. The average Bonchev–Trinajstić information content (AvgIpc) is 2.74. The maximum atomic E-state index is 13.9. The number of thioether (sulfide) groups is 1. The molecule has 2 rings (SSSR count). The van der Waals surface area contributed by atoms with Crippen LogP contribution in [0.3, 0.4) is 0 Å². The molecular weight excluding hydrogens is 435 g/mol. The van der Waals surface area contributed by atoms with Crippen molar-refractivity contribution in [3.63, 3.8) is 0 Å². The second kappa shape index (κ2) is 12.7. The minimum absolute atomic E-state index is 0.146. The number of carbonyl (C=O) groups excluding carboxylic acids is 2. The number of carbonyl (C=O) groups is 2. The van der Waals surface area contributed by atoms with Crippen LogP contribution in [0.5, 0.6) is 0 Å². The molecular formula is C24H30ClFN2O2S. The monoisotopic (exact) mass is 464 g/mol. The maximum Gasteiger partial charge on any atom is 0.242 e. The molecule has 4 nitrogen and oxygen atoms in total. The van der Waals surface area contributed by atoms with E-state index >= 15 is 0 Å². The first kappa shape index (κ1) is 25.2. The molecule has 2 aromatic carbocycles. The van der Waals surface area contributed by atoms with Crippen LogP contribution in [-0.2, 0) is 21.9 Å². The molecule has 1 N–H and O–H groups in total. The quantitative estimate of drug-likeness (QED) is 0.491. The summed E-state index contributed by atoms with van der Waals surface area (Å²) in [5, 5.41) is 3.49. The molecule has 0 heterocycles. The third-order valence-corrected chi connectivity index (χ3v) is 6.14.